The van der Waals surface area contributed by atoms with Crippen molar-refractivity contribution in [2.75, 3.05) is 6.54 Å². The van der Waals surface area contributed by atoms with E-state index >= 15 is 0 Å². The number of esters is 1. The second kappa shape index (κ2) is 16.7. The fraction of sp³-hybridized carbons (Fsp3) is 0.655. The quantitative estimate of drug-likeness (QED) is 0.154. The highest BCUT2D eigenvalue weighted by atomic mass is 16.7. The molecule has 0 aliphatic heterocycles. The van der Waals surface area contributed by atoms with E-state index in [1.54, 1.807) is 47.6 Å². The Bertz CT molecular complexity index is 988. The topological polar surface area (TPSA) is 147 Å². The van der Waals surface area contributed by atoms with Gasteiger partial charge in [0.2, 0.25) is 0 Å². The summed E-state index contributed by atoms with van der Waals surface area (Å²) in [6.07, 6.45) is -0.379. The molecule has 0 amide bonds. The maximum Gasteiger partial charge on any atom is 0.514 e. The van der Waals surface area contributed by atoms with Crippen molar-refractivity contribution in [3.05, 3.63) is 23.8 Å². The van der Waals surface area contributed by atoms with Gasteiger partial charge in [0.25, 0.3) is 0 Å². The Balaban J connectivity index is 3.07. The summed E-state index contributed by atoms with van der Waals surface area (Å²) >= 11 is 0. The Labute approximate surface area is 236 Å². The van der Waals surface area contributed by atoms with Crippen LogP contribution in [0.2, 0.25) is 0 Å². The van der Waals surface area contributed by atoms with Gasteiger partial charge in [-0.2, -0.15) is 0 Å². The van der Waals surface area contributed by atoms with Gasteiger partial charge in [-0.15, -0.1) is 0 Å². The van der Waals surface area contributed by atoms with E-state index in [-0.39, 0.29) is 36.7 Å². The van der Waals surface area contributed by atoms with Gasteiger partial charge in [-0.3, -0.25) is 9.59 Å². The van der Waals surface area contributed by atoms with Crippen LogP contribution in [0.25, 0.3) is 0 Å². The zero-order chi connectivity index (χ0) is 30.5. The molecule has 11 nitrogen and oxygen atoms in total. The van der Waals surface area contributed by atoms with Crippen molar-refractivity contribution in [2.24, 2.45) is 5.41 Å². The number of rotatable bonds is 15. The van der Waals surface area contributed by atoms with Crippen LogP contribution in [-0.2, 0) is 30.2 Å². The number of benzene rings is 1. The molecule has 0 radical (unpaired) electrons. The number of carboxylic acid groups (broad SMARTS) is 1. The molecule has 1 aromatic rings. The average molecular weight is 568 g/mol. The predicted octanol–water partition coefficient (Wildman–Crippen LogP) is 5.66. The summed E-state index contributed by atoms with van der Waals surface area (Å²) in [7, 11) is 0. The Morgan fingerprint density at radius 1 is 0.825 bits per heavy atom. The third-order valence-electron chi connectivity index (χ3n) is 5.69. The molecular formula is C29H45NO10. The molecule has 40 heavy (non-hydrogen) atoms. The number of carbonyl (C=O) groups excluding carboxylic acids is 3. The molecule has 11 heteroatoms. The lowest BCUT2D eigenvalue weighted by atomic mass is 9.97. The van der Waals surface area contributed by atoms with Crippen molar-refractivity contribution in [2.45, 2.75) is 112 Å². The normalized spacial score (nSPS) is 14.3. The summed E-state index contributed by atoms with van der Waals surface area (Å²) in [6, 6.07) is 3.30. The van der Waals surface area contributed by atoms with Gasteiger partial charge in [0.15, 0.2) is 11.5 Å². The summed E-state index contributed by atoms with van der Waals surface area (Å²) in [5, 5.41) is 12.7. The van der Waals surface area contributed by atoms with Crippen molar-refractivity contribution < 1.29 is 48.0 Å². The second-order valence-electron chi connectivity index (χ2n) is 10.9. The number of hydrogen-bond acceptors (Lipinski definition) is 10. The van der Waals surface area contributed by atoms with Crippen LogP contribution >= 0.6 is 0 Å². The van der Waals surface area contributed by atoms with Gasteiger partial charge >= 0.3 is 24.2 Å². The van der Waals surface area contributed by atoms with Crippen molar-refractivity contribution in [1.29, 1.82) is 0 Å². The lowest BCUT2D eigenvalue weighted by Crippen LogP contribution is -2.43. The Morgan fingerprint density at radius 2 is 1.35 bits per heavy atom. The first-order valence-corrected chi connectivity index (χ1v) is 13.7. The molecule has 0 spiro atoms. The molecule has 4 atom stereocenters. The van der Waals surface area contributed by atoms with Crippen LogP contribution in [0.5, 0.6) is 11.5 Å². The first-order chi connectivity index (χ1) is 18.7. The number of ether oxygens (including phenoxy) is 5. The minimum atomic E-state index is -1.13. The lowest BCUT2D eigenvalue weighted by molar-refractivity contribution is -0.157. The number of carbonyl (C=O) groups is 4. The van der Waals surface area contributed by atoms with Crippen molar-refractivity contribution >= 4 is 24.2 Å². The molecule has 2 N–H and O–H groups in total. The molecule has 0 aliphatic carbocycles. The second-order valence-corrected chi connectivity index (χ2v) is 10.9. The fourth-order valence-corrected chi connectivity index (χ4v) is 3.52. The number of aliphatic carboxylic acids is 1. The maximum absolute atomic E-state index is 12.4. The van der Waals surface area contributed by atoms with Gasteiger partial charge in [-0.25, -0.2) is 9.59 Å². The summed E-state index contributed by atoms with van der Waals surface area (Å²) in [5.41, 5.74) is -0.208. The van der Waals surface area contributed by atoms with E-state index in [4.69, 9.17) is 23.7 Å². The van der Waals surface area contributed by atoms with E-state index in [1.807, 2.05) is 13.8 Å². The van der Waals surface area contributed by atoms with Crippen molar-refractivity contribution in [1.82, 2.24) is 5.32 Å². The molecule has 0 saturated heterocycles. The van der Waals surface area contributed by atoms with Crippen LogP contribution in [0.4, 0.5) is 9.59 Å². The van der Waals surface area contributed by atoms with Gasteiger partial charge in [-0.05, 0) is 78.5 Å². The molecule has 3 unspecified atom stereocenters. The van der Waals surface area contributed by atoms with Crippen LogP contribution in [0.15, 0.2) is 18.2 Å². The van der Waals surface area contributed by atoms with Crippen LogP contribution in [0.1, 0.15) is 86.6 Å². The predicted molar refractivity (Wildman–Crippen MR) is 148 cm³/mol. The summed E-state index contributed by atoms with van der Waals surface area (Å²) < 4.78 is 26.5. The van der Waals surface area contributed by atoms with E-state index in [0.29, 0.717) is 18.4 Å². The van der Waals surface area contributed by atoms with Crippen molar-refractivity contribution in [3.8, 4) is 11.5 Å². The van der Waals surface area contributed by atoms with Crippen LogP contribution in [-0.4, -0.2) is 60.3 Å². The zero-order valence-electron chi connectivity index (χ0n) is 24.9. The average Bonchev–Trinajstić information content (AvgIpc) is 2.82. The molecular weight excluding hydrogens is 522 g/mol. The van der Waals surface area contributed by atoms with Gasteiger partial charge in [0.1, 0.15) is 24.4 Å². The first-order valence-electron chi connectivity index (χ1n) is 13.7. The molecule has 0 fully saturated rings. The summed E-state index contributed by atoms with van der Waals surface area (Å²) in [6.45, 7) is 14.3. The Hall–Kier alpha value is -3.34. The van der Waals surface area contributed by atoms with Gasteiger partial charge in [-0.1, -0.05) is 32.8 Å². The van der Waals surface area contributed by atoms with Crippen molar-refractivity contribution in [3.63, 3.8) is 0 Å². The Kier molecular flexibility index (Phi) is 14.5. The molecule has 1 rings (SSSR count). The highest BCUT2D eigenvalue weighted by Crippen LogP contribution is 2.30. The molecule has 0 aromatic heterocycles. The molecule has 0 heterocycles. The standard InChI is InChI=1S/C29H45NO10/c1-9-11-18(3)37-27(34)39-23-14-13-21(16-24(23)40-28(35)38-19(4)12-10-2)15-22(25(31)32)30-17-20(5)36-26(33)29(6,7)8/h13-14,16,18-20,22,30H,9-12,15,17H2,1-8H3,(H,31,32)/t18?,19?,20?,22-/m0/s1. The number of carboxylic acids is 1. The van der Waals surface area contributed by atoms with Crippen LogP contribution < -0.4 is 14.8 Å². The molecule has 226 valence electrons. The minimum absolute atomic E-state index is 0.00875. The van der Waals surface area contributed by atoms with Gasteiger partial charge < -0.3 is 34.1 Å². The minimum Gasteiger partial charge on any atom is -0.480 e. The van der Waals surface area contributed by atoms with E-state index in [9.17, 15) is 24.3 Å². The van der Waals surface area contributed by atoms with E-state index in [2.05, 4.69) is 5.32 Å². The summed E-state index contributed by atoms with van der Waals surface area (Å²) in [5.74, 6) is -1.73. The smallest absolute Gasteiger partial charge is 0.480 e. The van der Waals surface area contributed by atoms with Crippen LogP contribution in [0, 0.1) is 5.41 Å². The third kappa shape index (κ3) is 13.1. The largest absolute Gasteiger partial charge is 0.514 e. The molecule has 1 aromatic carbocycles. The number of hydrogen-bond donors (Lipinski definition) is 2. The highest BCUT2D eigenvalue weighted by molar-refractivity contribution is 5.76. The van der Waals surface area contributed by atoms with Crippen LogP contribution in [0.3, 0.4) is 0 Å². The van der Waals surface area contributed by atoms with E-state index < -0.39 is 41.8 Å². The molecule has 0 bridgehead atoms. The fourth-order valence-electron chi connectivity index (χ4n) is 3.52. The van der Waals surface area contributed by atoms with Gasteiger partial charge in [0, 0.05) is 6.54 Å². The summed E-state index contributed by atoms with van der Waals surface area (Å²) in [4.78, 5) is 48.8. The van der Waals surface area contributed by atoms with E-state index in [1.165, 1.54) is 12.1 Å². The SMILES string of the molecule is CCCC(C)OC(=O)Oc1ccc(C[C@H](NCC(C)OC(=O)C(C)(C)C)C(=O)O)cc1OC(=O)OC(C)CCC. The lowest BCUT2D eigenvalue weighted by Gasteiger charge is -2.23. The first kappa shape index (κ1) is 34.7. The molecule has 0 aliphatic rings. The maximum atomic E-state index is 12.4. The molecule has 0 saturated carbocycles. The third-order valence-corrected chi connectivity index (χ3v) is 5.69. The monoisotopic (exact) mass is 567 g/mol. The Morgan fingerprint density at radius 3 is 1.82 bits per heavy atom. The highest BCUT2D eigenvalue weighted by Gasteiger charge is 2.26. The van der Waals surface area contributed by atoms with Gasteiger partial charge in [0.05, 0.1) is 5.41 Å². The zero-order valence-corrected chi connectivity index (χ0v) is 24.9. The van der Waals surface area contributed by atoms with E-state index in [0.717, 1.165) is 12.8 Å². The number of nitrogens with one attached hydrogen (secondary N) is 1.